The Bertz CT molecular complexity index is 438. The van der Waals surface area contributed by atoms with Crippen LogP contribution in [0.1, 0.15) is 48.0 Å². The van der Waals surface area contributed by atoms with Crippen LogP contribution in [0.2, 0.25) is 0 Å². The number of carbonyl (C=O) groups is 1. The van der Waals surface area contributed by atoms with E-state index >= 15 is 0 Å². The second-order valence-corrected chi connectivity index (χ2v) is 5.72. The fourth-order valence-corrected chi connectivity index (χ4v) is 3.12. The molecule has 0 saturated heterocycles. The molecular formula is C17H25NO2. The summed E-state index contributed by atoms with van der Waals surface area (Å²) in [5.41, 5.74) is 1.84. The second kappa shape index (κ2) is 7.55. The average Bonchev–Trinajstić information content (AvgIpc) is 2.48. The molecule has 0 aromatic heterocycles. The first kappa shape index (κ1) is 15.2. The van der Waals surface area contributed by atoms with E-state index in [0.717, 1.165) is 24.0 Å². The van der Waals surface area contributed by atoms with Crippen molar-refractivity contribution >= 4 is 5.78 Å². The van der Waals surface area contributed by atoms with Crippen LogP contribution in [0.3, 0.4) is 0 Å². The van der Waals surface area contributed by atoms with Gasteiger partial charge in [-0.25, -0.2) is 0 Å². The molecule has 3 heteroatoms. The van der Waals surface area contributed by atoms with Crippen LogP contribution in [-0.2, 0) is 0 Å². The van der Waals surface area contributed by atoms with E-state index in [0.29, 0.717) is 19.1 Å². The maximum Gasteiger partial charge on any atom is 0.177 e. The van der Waals surface area contributed by atoms with Gasteiger partial charge in [-0.05, 0) is 25.3 Å². The lowest BCUT2D eigenvalue weighted by atomic mass is 9.93. The maximum absolute atomic E-state index is 12.5. The van der Waals surface area contributed by atoms with E-state index in [-0.39, 0.29) is 12.4 Å². The third kappa shape index (κ3) is 3.90. The lowest BCUT2D eigenvalue weighted by Gasteiger charge is -2.33. The van der Waals surface area contributed by atoms with Crippen LogP contribution >= 0.6 is 0 Å². The zero-order valence-electron chi connectivity index (χ0n) is 12.3. The SMILES string of the molecule is Cc1ccccc1C(=O)CN(CCO)C1CCCCC1. The van der Waals surface area contributed by atoms with Gasteiger partial charge in [-0.3, -0.25) is 9.69 Å². The Morgan fingerprint density at radius 1 is 1.25 bits per heavy atom. The van der Waals surface area contributed by atoms with E-state index < -0.39 is 0 Å². The van der Waals surface area contributed by atoms with E-state index in [1.54, 1.807) is 0 Å². The van der Waals surface area contributed by atoms with Gasteiger partial charge in [-0.2, -0.15) is 0 Å². The highest BCUT2D eigenvalue weighted by Crippen LogP contribution is 2.23. The number of hydrogen-bond acceptors (Lipinski definition) is 3. The Kier molecular flexibility index (Phi) is 5.74. The molecule has 3 nitrogen and oxygen atoms in total. The molecule has 1 fully saturated rings. The summed E-state index contributed by atoms with van der Waals surface area (Å²) in [6.45, 7) is 3.13. The summed E-state index contributed by atoms with van der Waals surface area (Å²) in [7, 11) is 0. The third-order valence-corrected chi connectivity index (χ3v) is 4.27. The van der Waals surface area contributed by atoms with Crippen LogP contribution in [0.15, 0.2) is 24.3 Å². The van der Waals surface area contributed by atoms with Crippen LogP contribution in [0.25, 0.3) is 0 Å². The molecule has 0 heterocycles. The summed E-state index contributed by atoms with van der Waals surface area (Å²) in [5.74, 6) is 0.169. The first-order chi connectivity index (χ1) is 9.72. The number of aliphatic hydroxyl groups is 1. The van der Waals surface area contributed by atoms with Crippen molar-refractivity contribution in [3.8, 4) is 0 Å². The maximum atomic E-state index is 12.5. The van der Waals surface area contributed by atoms with E-state index in [4.69, 9.17) is 0 Å². The molecule has 1 N–H and O–H groups in total. The van der Waals surface area contributed by atoms with Gasteiger partial charge in [0.2, 0.25) is 0 Å². The molecule has 110 valence electrons. The number of nitrogens with zero attached hydrogens (tertiary/aromatic N) is 1. The minimum absolute atomic E-state index is 0.123. The zero-order chi connectivity index (χ0) is 14.4. The van der Waals surface area contributed by atoms with Crippen molar-refractivity contribution in [1.82, 2.24) is 4.90 Å². The predicted molar refractivity (Wildman–Crippen MR) is 81.0 cm³/mol. The molecule has 1 aliphatic rings. The van der Waals surface area contributed by atoms with E-state index in [2.05, 4.69) is 4.90 Å². The van der Waals surface area contributed by atoms with Crippen LogP contribution in [0.5, 0.6) is 0 Å². The number of Topliss-reactive ketones (excluding diaryl/α,β-unsaturated/α-hetero) is 1. The van der Waals surface area contributed by atoms with Gasteiger partial charge >= 0.3 is 0 Å². The molecule has 0 amide bonds. The van der Waals surface area contributed by atoms with E-state index in [1.807, 2.05) is 31.2 Å². The molecule has 1 aromatic carbocycles. The van der Waals surface area contributed by atoms with Crippen molar-refractivity contribution in [3.05, 3.63) is 35.4 Å². The smallest absolute Gasteiger partial charge is 0.177 e. The van der Waals surface area contributed by atoms with Gasteiger partial charge < -0.3 is 5.11 Å². The molecule has 0 radical (unpaired) electrons. The van der Waals surface area contributed by atoms with Crippen LogP contribution in [0, 0.1) is 6.92 Å². The first-order valence-corrected chi connectivity index (χ1v) is 7.66. The molecule has 0 atom stereocenters. The first-order valence-electron chi connectivity index (χ1n) is 7.66. The Hall–Kier alpha value is -1.19. The molecule has 1 aromatic rings. The molecular weight excluding hydrogens is 250 g/mol. The van der Waals surface area contributed by atoms with Crippen LogP contribution in [-0.4, -0.2) is 41.5 Å². The molecule has 0 spiro atoms. The molecule has 20 heavy (non-hydrogen) atoms. The van der Waals surface area contributed by atoms with Crippen molar-refractivity contribution in [3.63, 3.8) is 0 Å². The normalized spacial score (nSPS) is 16.6. The minimum atomic E-state index is 0.123. The predicted octanol–water partition coefficient (Wildman–Crippen LogP) is 2.80. The highest BCUT2D eigenvalue weighted by molar-refractivity contribution is 5.98. The monoisotopic (exact) mass is 275 g/mol. The Morgan fingerprint density at radius 3 is 2.60 bits per heavy atom. The van der Waals surface area contributed by atoms with Gasteiger partial charge in [0, 0.05) is 18.2 Å². The van der Waals surface area contributed by atoms with E-state index in [1.165, 1.54) is 19.3 Å². The molecule has 0 aliphatic heterocycles. The van der Waals surface area contributed by atoms with Gasteiger partial charge in [0.1, 0.15) is 0 Å². The fraction of sp³-hybridized carbons (Fsp3) is 0.588. The van der Waals surface area contributed by atoms with Crippen LogP contribution < -0.4 is 0 Å². The second-order valence-electron chi connectivity index (χ2n) is 5.72. The zero-order valence-corrected chi connectivity index (χ0v) is 12.3. The highest BCUT2D eigenvalue weighted by atomic mass is 16.3. The molecule has 1 saturated carbocycles. The van der Waals surface area contributed by atoms with Gasteiger partial charge in [-0.15, -0.1) is 0 Å². The summed E-state index contributed by atoms with van der Waals surface area (Å²) in [5, 5.41) is 9.25. The van der Waals surface area contributed by atoms with Crippen molar-refractivity contribution in [2.24, 2.45) is 0 Å². The largest absolute Gasteiger partial charge is 0.395 e. The lowest BCUT2D eigenvalue weighted by molar-refractivity contribution is 0.0814. The number of aryl methyl sites for hydroxylation is 1. The summed E-state index contributed by atoms with van der Waals surface area (Å²) in [6, 6.07) is 8.21. The number of hydrogen-bond donors (Lipinski definition) is 1. The third-order valence-electron chi connectivity index (χ3n) is 4.27. The van der Waals surface area contributed by atoms with Crippen LogP contribution in [0.4, 0.5) is 0 Å². The van der Waals surface area contributed by atoms with E-state index in [9.17, 15) is 9.90 Å². The Balaban J connectivity index is 2.03. The number of carbonyl (C=O) groups excluding carboxylic acids is 1. The number of rotatable bonds is 6. The summed E-state index contributed by atoms with van der Waals surface area (Å²) < 4.78 is 0. The van der Waals surface area contributed by atoms with Crippen molar-refractivity contribution in [2.75, 3.05) is 19.7 Å². The van der Waals surface area contributed by atoms with Crippen molar-refractivity contribution in [1.29, 1.82) is 0 Å². The van der Waals surface area contributed by atoms with Crippen molar-refractivity contribution in [2.45, 2.75) is 45.1 Å². The lowest BCUT2D eigenvalue weighted by Crippen LogP contribution is -2.42. The Labute approximate surface area is 121 Å². The number of ketones is 1. The van der Waals surface area contributed by atoms with Gasteiger partial charge in [0.15, 0.2) is 5.78 Å². The summed E-state index contributed by atoms with van der Waals surface area (Å²) in [6.07, 6.45) is 6.09. The molecule has 1 aliphatic carbocycles. The topological polar surface area (TPSA) is 40.5 Å². The number of aliphatic hydroxyl groups excluding tert-OH is 1. The van der Waals surface area contributed by atoms with Gasteiger partial charge in [0.25, 0.3) is 0 Å². The summed E-state index contributed by atoms with van der Waals surface area (Å²) in [4.78, 5) is 14.6. The molecule has 0 unspecified atom stereocenters. The number of benzene rings is 1. The molecule has 0 bridgehead atoms. The van der Waals surface area contributed by atoms with Gasteiger partial charge in [0.05, 0.1) is 13.2 Å². The highest BCUT2D eigenvalue weighted by Gasteiger charge is 2.23. The standard InChI is InChI=1S/C17H25NO2/c1-14-7-5-6-10-16(14)17(20)13-18(11-12-19)15-8-3-2-4-9-15/h5-7,10,15,19H,2-4,8-9,11-13H2,1H3. The fourth-order valence-electron chi connectivity index (χ4n) is 3.12. The average molecular weight is 275 g/mol. The van der Waals surface area contributed by atoms with Crippen molar-refractivity contribution < 1.29 is 9.90 Å². The summed E-state index contributed by atoms with van der Waals surface area (Å²) >= 11 is 0. The molecule has 2 rings (SSSR count). The minimum Gasteiger partial charge on any atom is -0.395 e. The van der Waals surface area contributed by atoms with Gasteiger partial charge in [-0.1, -0.05) is 43.5 Å². The quantitative estimate of drug-likeness (QED) is 0.812. The Morgan fingerprint density at radius 2 is 1.95 bits per heavy atom.